The van der Waals surface area contributed by atoms with E-state index in [-0.39, 0.29) is 23.7 Å². The molecule has 1 saturated carbocycles. The van der Waals surface area contributed by atoms with E-state index in [4.69, 9.17) is 0 Å². The normalized spacial score (nSPS) is 16.2. The van der Waals surface area contributed by atoms with Crippen molar-refractivity contribution < 1.29 is 14.7 Å². The van der Waals surface area contributed by atoms with Gasteiger partial charge in [0.25, 0.3) is 0 Å². The Balaban J connectivity index is 1.79. The van der Waals surface area contributed by atoms with Crippen LogP contribution in [0.2, 0.25) is 0 Å². The molecule has 0 heterocycles. The summed E-state index contributed by atoms with van der Waals surface area (Å²) in [6.07, 6.45) is 3.27. The number of nitrogens with one attached hydrogen (secondary N) is 2. The van der Waals surface area contributed by atoms with E-state index in [0.717, 1.165) is 30.5 Å². The fourth-order valence-corrected chi connectivity index (χ4v) is 2.67. The van der Waals surface area contributed by atoms with Gasteiger partial charge in [-0.15, -0.1) is 0 Å². The Morgan fingerprint density at radius 3 is 2.25 bits per heavy atom. The molecular weight excluding hydrogens is 304 g/mol. The third-order valence-corrected chi connectivity index (χ3v) is 4.19. The maximum absolute atomic E-state index is 11.9. The molecule has 0 radical (unpaired) electrons. The smallest absolute Gasteiger partial charge is 0.224 e. The molecule has 5 nitrogen and oxygen atoms in total. The minimum atomic E-state index is -0.698. The number of benzene rings is 1. The standard InChI is InChI=1S/C19H28N2O3/c1-18(2,3)12-17(23)21-15-7-5-14(6-8-15)11-16(22)20-13-19(24)9-4-10-19/h5-8,24H,4,9-13H2,1-3H3,(H,20,22)(H,21,23). The molecule has 1 aromatic carbocycles. The molecule has 1 aliphatic carbocycles. The zero-order valence-corrected chi connectivity index (χ0v) is 14.8. The highest BCUT2D eigenvalue weighted by Gasteiger charge is 2.34. The Morgan fingerprint density at radius 1 is 1.12 bits per heavy atom. The van der Waals surface area contributed by atoms with Gasteiger partial charge >= 0.3 is 0 Å². The summed E-state index contributed by atoms with van der Waals surface area (Å²) in [5, 5.41) is 15.6. The third kappa shape index (κ3) is 5.96. The van der Waals surface area contributed by atoms with Gasteiger partial charge in [-0.3, -0.25) is 9.59 Å². The maximum atomic E-state index is 11.9. The zero-order chi connectivity index (χ0) is 17.8. The van der Waals surface area contributed by atoms with Crippen LogP contribution in [0.15, 0.2) is 24.3 Å². The molecule has 0 aliphatic heterocycles. The first kappa shape index (κ1) is 18.5. The number of rotatable bonds is 6. The summed E-state index contributed by atoms with van der Waals surface area (Å²) in [6.45, 7) is 6.39. The minimum Gasteiger partial charge on any atom is -0.388 e. The molecule has 0 aromatic heterocycles. The summed E-state index contributed by atoms with van der Waals surface area (Å²) in [7, 11) is 0. The van der Waals surface area contributed by atoms with Crippen LogP contribution in [0, 0.1) is 5.41 Å². The van der Waals surface area contributed by atoms with Gasteiger partial charge in [0.2, 0.25) is 11.8 Å². The second kappa shape index (κ2) is 7.34. The average Bonchev–Trinajstić information content (AvgIpc) is 2.43. The molecule has 0 saturated heterocycles. The van der Waals surface area contributed by atoms with Crippen molar-refractivity contribution in [3.63, 3.8) is 0 Å². The monoisotopic (exact) mass is 332 g/mol. The van der Waals surface area contributed by atoms with Crippen LogP contribution in [0.4, 0.5) is 5.69 Å². The number of carbonyl (C=O) groups excluding carboxylic acids is 2. The van der Waals surface area contributed by atoms with E-state index in [1.165, 1.54) is 0 Å². The Morgan fingerprint density at radius 2 is 1.75 bits per heavy atom. The predicted octanol–water partition coefficient (Wildman–Crippen LogP) is 2.64. The van der Waals surface area contributed by atoms with Gasteiger partial charge in [-0.25, -0.2) is 0 Å². The molecule has 1 fully saturated rings. The summed E-state index contributed by atoms with van der Waals surface area (Å²) in [4.78, 5) is 23.8. The third-order valence-electron chi connectivity index (χ3n) is 4.19. The molecule has 132 valence electrons. The van der Waals surface area contributed by atoms with E-state index in [1.54, 1.807) is 0 Å². The molecule has 1 aliphatic rings. The van der Waals surface area contributed by atoms with E-state index >= 15 is 0 Å². The summed E-state index contributed by atoms with van der Waals surface area (Å²) in [6, 6.07) is 7.29. The van der Waals surface area contributed by atoms with Crippen molar-refractivity contribution >= 4 is 17.5 Å². The van der Waals surface area contributed by atoms with Crippen LogP contribution in [0.5, 0.6) is 0 Å². The first-order valence-corrected chi connectivity index (χ1v) is 8.53. The first-order chi connectivity index (χ1) is 11.2. The molecule has 5 heteroatoms. The van der Waals surface area contributed by atoms with Gasteiger partial charge in [0, 0.05) is 18.7 Å². The van der Waals surface area contributed by atoms with Crippen molar-refractivity contribution in [2.24, 2.45) is 5.41 Å². The van der Waals surface area contributed by atoms with Gasteiger partial charge in [0.05, 0.1) is 12.0 Å². The summed E-state index contributed by atoms with van der Waals surface area (Å²) in [5.41, 5.74) is 0.864. The fraction of sp³-hybridized carbons (Fsp3) is 0.579. The highest BCUT2D eigenvalue weighted by molar-refractivity contribution is 5.91. The van der Waals surface area contributed by atoms with E-state index in [2.05, 4.69) is 10.6 Å². The molecule has 24 heavy (non-hydrogen) atoms. The van der Waals surface area contributed by atoms with Crippen LogP contribution in [0.3, 0.4) is 0 Å². The van der Waals surface area contributed by atoms with Crippen LogP contribution >= 0.6 is 0 Å². The van der Waals surface area contributed by atoms with Crippen molar-refractivity contribution in [3.8, 4) is 0 Å². The van der Waals surface area contributed by atoms with Crippen LogP contribution in [-0.4, -0.2) is 29.1 Å². The van der Waals surface area contributed by atoms with Crippen LogP contribution in [0.1, 0.15) is 52.0 Å². The number of carbonyl (C=O) groups is 2. The molecule has 0 bridgehead atoms. The number of amides is 2. The van der Waals surface area contributed by atoms with Gasteiger partial charge in [-0.2, -0.15) is 0 Å². The molecule has 3 N–H and O–H groups in total. The number of anilines is 1. The molecule has 2 rings (SSSR count). The van der Waals surface area contributed by atoms with E-state index in [0.29, 0.717) is 13.0 Å². The lowest BCUT2D eigenvalue weighted by molar-refractivity contribution is -0.123. The largest absolute Gasteiger partial charge is 0.388 e. The maximum Gasteiger partial charge on any atom is 0.224 e. The quantitative estimate of drug-likeness (QED) is 0.749. The predicted molar refractivity (Wildman–Crippen MR) is 94.7 cm³/mol. The Bertz CT molecular complexity index is 584. The second-order valence-corrected chi connectivity index (χ2v) is 8.01. The summed E-state index contributed by atoms with van der Waals surface area (Å²) < 4.78 is 0. The lowest BCUT2D eigenvalue weighted by Gasteiger charge is -2.36. The Hall–Kier alpha value is -1.88. The highest BCUT2D eigenvalue weighted by Crippen LogP contribution is 2.30. The number of hydrogen-bond donors (Lipinski definition) is 3. The van der Waals surface area contributed by atoms with Crippen LogP contribution < -0.4 is 10.6 Å². The van der Waals surface area contributed by atoms with Gasteiger partial charge in [-0.1, -0.05) is 32.9 Å². The van der Waals surface area contributed by atoms with Crippen molar-refractivity contribution in [3.05, 3.63) is 29.8 Å². The van der Waals surface area contributed by atoms with Gasteiger partial charge < -0.3 is 15.7 Å². The number of hydrogen-bond acceptors (Lipinski definition) is 3. The van der Waals surface area contributed by atoms with Crippen molar-refractivity contribution in [2.45, 2.75) is 58.5 Å². The molecular formula is C19H28N2O3. The summed E-state index contributed by atoms with van der Waals surface area (Å²) in [5.74, 6) is -0.110. The zero-order valence-electron chi connectivity index (χ0n) is 14.8. The Kier molecular flexibility index (Phi) is 5.65. The summed E-state index contributed by atoms with van der Waals surface area (Å²) >= 11 is 0. The molecule has 1 aromatic rings. The lowest BCUT2D eigenvalue weighted by atomic mass is 9.80. The molecule has 2 amide bonds. The fourth-order valence-electron chi connectivity index (χ4n) is 2.67. The molecule has 0 unspecified atom stereocenters. The second-order valence-electron chi connectivity index (χ2n) is 8.01. The van der Waals surface area contributed by atoms with E-state index < -0.39 is 5.60 Å². The SMILES string of the molecule is CC(C)(C)CC(=O)Nc1ccc(CC(=O)NCC2(O)CCC2)cc1. The van der Waals surface area contributed by atoms with Gasteiger partial charge in [0.1, 0.15) is 0 Å². The van der Waals surface area contributed by atoms with Crippen molar-refractivity contribution in [1.82, 2.24) is 5.32 Å². The topological polar surface area (TPSA) is 78.4 Å². The number of aliphatic hydroxyl groups is 1. The van der Waals surface area contributed by atoms with Gasteiger partial charge in [-0.05, 0) is 42.4 Å². The van der Waals surface area contributed by atoms with E-state index in [1.807, 2.05) is 45.0 Å². The molecule has 0 atom stereocenters. The Labute approximate surface area is 143 Å². The average molecular weight is 332 g/mol. The van der Waals surface area contributed by atoms with Gasteiger partial charge in [0.15, 0.2) is 0 Å². The van der Waals surface area contributed by atoms with Crippen molar-refractivity contribution in [1.29, 1.82) is 0 Å². The lowest BCUT2D eigenvalue weighted by Crippen LogP contribution is -2.48. The van der Waals surface area contributed by atoms with Crippen molar-refractivity contribution in [2.75, 3.05) is 11.9 Å². The highest BCUT2D eigenvalue weighted by atomic mass is 16.3. The van der Waals surface area contributed by atoms with Crippen LogP contribution in [-0.2, 0) is 16.0 Å². The first-order valence-electron chi connectivity index (χ1n) is 8.53. The van der Waals surface area contributed by atoms with Crippen LogP contribution in [0.25, 0.3) is 0 Å². The molecule has 0 spiro atoms. The minimum absolute atomic E-state index is 0.0123. The van der Waals surface area contributed by atoms with E-state index in [9.17, 15) is 14.7 Å².